The zero-order chi connectivity index (χ0) is 14.8. The molecule has 1 heterocycles. The van der Waals surface area contributed by atoms with Gasteiger partial charge < -0.3 is 9.30 Å². The van der Waals surface area contributed by atoms with Crippen molar-refractivity contribution < 1.29 is 9.53 Å². The molecule has 112 valence electrons. The Morgan fingerprint density at radius 1 is 1.29 bits per heavy atom. The second-order valence-corrected chi connectivity index (χ2v) is 6.31. The van der Waals surface area contributed by atoms with Gasteiger partial charge in [0, 0.05) is 11.7 Å². The number of hydrogen-bond donors (Lipinski definition) is 0. The molecule has 0 N–H and O–H groups in total. The highest BCUT2D eigenvalue weighted by atomic mass is 16.5. The van der Waals surface area contributed by atoms with Crippen LogP contribution in [0.3, 0.4) is 0 Å². The van der Waals surface area contributed by atoms with E-state index in [4.69, 9.17) is 4.74 Å². The monoisotopic (exact) mass is 285 g/mol. The van der Waals surface area contributed by atoms with Gasteiger partial charge in [0.15, 0.2) is 0 Å². The minimum atomic E-state index is -0.118. The highest BCUT2D eigenvalue weighted by molar-refractivity contribution is 5.82. The van der Waals surface area contributed by atoms with Gasteiger partial charge in [-0.05, 0) is 60.7 Å². The summed E-state index contributed by atoms with van der Waals surface area (Å²) in [6, 6.07) is 8.53. The number of fused-ring (bicyclic) bond motifs is 1. The molecule has 0 saturated heterocycles. The Labute approximate surface area is 125 Å². The molecular formula is C18H23NO2. The minimum absolute atomic E-state index is 0.118. The van der Waals surface area contributed by atoms with Gasteiger partial charge in [-0.15, -0.1) is 0 Å². The van der Waals surface area contributed by atoms with Crippen LogP contribution in [0.25, 0.3) is 10.9 Å². The third kappa shape index (κ3) is 3.12. The lowest BCUT2D eigenvalue weighted by atomic mass is 10.0. The van der Waals surface area contributed by atoms with Gasteiger partial charge in [-0.3, -0.25) is 4.79 Å². The van der Waals surface area contributed by atoms with E-state index < -0.39 is 0 Å². The van der Waals surface area contributed by atoms with Crippen molar-refractivity contribution in [2.75, 3.05) is 0 Å². The first kappa shape index (κ1) is 14.2. The first-order valence-electron chi connectivity index (χ1n) is 7.92. The fourth-order valence-electron chi connectivity index (χ4n) is 3.08. The van der Waals surface area contributed by atoms with Crippen LogP contribution in [0.5, 0.6) is 0 Å². The van der Waals surface area contributed by atoms with Gasteiger partial charge in [0.05, 0.1) is 0 Å². The molecule has 0 spiro atoms. The van der Waals surface area contributed by atoms with Crippen molar-refractivity contribution in [2.24, 2.45) is 0 Å². The molecule has 1 saturated carbocycles. The van der Waals surface area contributed by atoms with E-state index in [0.29, 0.717) is 12.5 Å². The molecule has 0 aliphatic heterocycles. The Kier molecular flexibility index (Phi) is 4.00. The van der Waals surface area contributed by atoms with Crippen LogP contribution in [0, 0.1) is 0 Å². The van der Waals surface area contributed by atoms with Gasteiger partial charge in [-0.25, -0.2) is 0 Å². The third-order valence-electron chi connectivity index (χ3n) is 4.36. The Morgan fingerprint density at radius 3 is 2.76 bits per heavy atom. The zero-order valence-electron chi connectivity index (χ0n) is 12.8. The summed E-state index contributed by atoms with van der Waals surface area (Å²) >= 11 is 0. The number of aromatic nitrogens is 1. The molecule has 1 aliphatic carbocycles. The average molecular weight is 285 g/mol. The van der Waals surface area contributed by atoms with Crippen LogP contribution >= 0.6 is 0 Å². The summed E-state index contributed by atoms with van der Waals surface area (Å²) in [6.07, 6.45) is 6.54. The molecule has 3 nitrogen and oxygen atoms in total. The van der Waals surface area contributed by atoms with Crippen LogP contribution in [0.15, 0.2) is 30.5 Å². The van der Waals surface area contributed by atoms with E-state index in [9.17, 15) is 4.79 Å². The molecule has 0 radical (unpaired) electrons. The molecule has 1 aliphatic rings. The lowest BCUT2D eigenvalue weighted by molar-refractivity contribution is -0.149. The molecule has 3 rings (SSSR count). The minimum Gasteiger partial charge on any atom is -0.461 e. The van der Waals surface area contributed by atoms with Crippen LogP contribution in [-0.4, -0.2) is 16.6 Å². The van der Waals surface area contributed by atoms with Crippen LogP contribution in [0.2, 0.25) is 0 Å². The van der Waals surface area contributed by atoms with Crippen molar-refractivity contribution in [3.63, 3.8) is 0 Å². The number of benzene rings is 1. The van der Waals surface area contributed by atoms with Crippen LogP contribution in [0.4, 0.5) is 0 Å². The van der Waals surface area contributed by atoms with E-state index in [1.165, 1.54) is 23.8 Å². The standard InChI is InChI=1S/C18H23NO2/c1-13(2)14-7-8-17-15(11-14)9-10-19(17)12-18(20)21-16-5-3-4-6-16/h7-11,13,16H,3-6,12H2,1-2H3. The van der Waals surface area contributed by atoms with Crippen molar-refractivity contribution in [2.45, 2.75) is 58.1 Å². The quantitative estimate of drug-likeness (QED) is 0.786. The number of rotatable bonds is 4. The molecule has 1 aromatic carbocycles. The van der Waals surface area contributed by atoms with Crippen LogP contribution in [-0.2, 0) is 16.1 Å². The summed E-state index contributed by atoms with van der Waals surface area (Å²) in [5, 5.41) is 1.19. The van der Waals surface area contributed by atoms with E-state index in [1.807, 2.05) is 10.8 Å². The lowest BCUT2D eigenvalue weighted by Crippen LogP contribution is -2.19. The van der Waals surface area contributed by atoms with Crippen molar-refractivity contribution in [3.8, 4) is 0 Å². The SMILES string of the molecule is CC(C)c1ccc2c(ccn2CC(=O)OC2CCCC2)c1. The second-order valence-electron chi connectivity index (χ2n) is 6.31. The lowest BCUT2D eigenvalue weighted by Gasteiger charge is -2.12. The van der Waals surface area contributed by atoms with E-state index >= 15 is 0 Å². The first-order valence-corrected chi connectivity index (χ1v) is 7.92. The summed E-state index contributed by atoms with van der Waals surface area (Å²) in [7, 11) is 0. The van der Waals surface area contributed by atoms with Crippen molar-refractivity contribution in [1.29, 1.82) is 0 Å². The molecule has 0 atom stereocenters. The molecule has 21 heavy (non-hydrogen) atoms. The van der Waals surface area contributed by atoms with Crippen LogP contribution < -0.4 is 0 Å². The van der Waals surface area contributed by atoms with Gasteiger partial charge in [0.2, 0.25) is 0 Å². The Hall–Kier alpha value is -1.77. The van der Waals surface area contributed by atoms with E-state index in [1.54, 1.807) is 0 Å². The number of esters is 1. The normalized spacial score (nSPS) is 16.0. The maximum atomic E-state index is 12.0. The van der Waals surface area contributed by atoms with Crippen molar-refractivity contribution in [1.82, 2.24) is 4.57 Å². The summed E-state index contributed by atoms with van der Waals surface area (Å²) in [5.41, 5.74) is 2.43. The largest absolute Gasteiger partial charge is 0.461 e. The van der Waals surface area contributed by atoms with Gasteiger partial charge in [0.25, 0.3) is 0 Å². The maximum absolute atomic E-state index is 12.0. The number of carbonyl (C=O) groups is 1. The van der Waals surface area contributed by atoms with Crippen molar-refractivity contribution in [3.05, 3.63) is 36.0 Å². The molecule has 2 aromatic rings. The predicted molar refractivity (Wildman–Crippen MR) is 84.4 cm³/mol. The Morgan fingerprint density at radius 2 is 2.05 bits per heavy atom. The summed E-state index contributed by atoms with van der Waals surface area (Å²) in [5.74, 6) is 0.400. The number of nitrogens with zero attached hydrogens (tertiary/aromatic N) is 1. The fourth-order valence-corrected chi connectivity index (χ4v) is 3.08. The molecule has 1 fully saturated rings. The Balaban J connectivity index is 1.73. The molecule has 0 unspecified atom stereocenters. The van der Waals surface area contributed by atoms with Gasteiger partial charge in [-0.1, -0.05) is 19.9 Å². The van der Waals surface area contributed by atoms with E-state index in [-0.39, 0.29) is 12.1 Å². The fraction of sp³-hybridized carbons (Fsp3) is 0.500. The van der Waals surface area contributed by atoms with Crippen molar-refractivity contribution >= 4 is 16.9 Å². The summed E-state index contributed by atoms with van der Waals surface area (Å²) in [6.45, 7) is 4.69. The van der Waals surface area contributed by atoms with Gasteiger partial charge in [0.1, 0.15) is 12.6 Å². The topological polar surface area (TPSA) is 31.2 Å². The predicted octanol–water partition coefficient (Wildman–Crippen LogP) is 4.25. The number of ether oxygens (including phenoxy) is 1. The maximum Gasteiger partial charge on any atom is 0.326 e. The molecule has 1 aromatic heterocycles. The molecule has 3 heteroatoms. The number of carbonyl (C=O) groups excluding carboxylic acids is 1. The molecule has 0 amide bonds. The smallest absolute Gasteiger partial charge is 0.326 e. The zero-order valence-corrected chi connectivity index (χ0v) is 12.8. The first-order chi connectivity index (χ1) is 10.1. The van der Waals surface area contributed by atoms with E-state index in [2.05, 4.69) is 38.1 Å². The Bertz CT molecular complexity index is 636. The number of hydrogen-bond acceptors (Lipinski definition) is 2. The van der Waals surface area contributed by atoms with Gasteiger partial charge in [-0.2, -0.15) is 0 Å². The summed E-state index contributed by atoms with van der Waals surface area (Å²) in [4.78, 5) is 12.0. The molecular weight excluding hydrogens is 262 g/mol. The summed E-state index contributed by atoms with van der Waals surface area (Å²) < 4.78 is 7.52. The van der Waals surface area contributed by atoms with E-state index in [0.717, 1.165) is 18.4 Å². The molecule has 0 bridgehead atoms. The highest BCUT2D eigenvalue weighted by Crippen LogP contribution is 2.24. The second kappa shape index (κ2) is 5.92. The highest BCUT2D eigenvalue weighted by Gasteiger charge is 2.19. The van der Waals surface area contributed by atoms with Crippen LogP contribution in [0.1, 0.15) is 51.0 Å². The third-order valence-corrected chi connectivity index (χ3v) is 4.36. The average Bonchev–Trinajstić information content (AvgIpc) is 3.08. The van der Waals surface area contributed by atoms with Gasteiger partial charge >= 0.3 is 5.97 Å².